The molecule has 0 aliphatic rings. The van der Waals surface area contributed by atoms with Gasteiger partial charge in [-0.2, -0.15) is 0 Å². The third kappa shape index (κ3) is 4.07. The molecule has 0 bridgehead atoms. The Bertz CT molecular complexity index is 421. The molecule has 1 aromatic rings. The molecule has 1 amide bonds. The standard InChI is InChI=1S/C12H13ClFNO2/c1-17-11-8-9(4-5-10(11)14)12(16)15-7-3-2-6-13/h2-5,8H,6-7H2,1H3,(H,15,16)/b3-2+. The van der Waals surface area contributed by atoms with E-state index in [-0.39, 0.29) is 11.7 Å². The molecule has 0 radical (unpaired) electrons. The van der Waals surface area contributed by atoms with Crippen LogP contribution in [-0.2, 0) is 0 Å². The first kappa shape index (κ1) is 13.5. The third-order valence-electron chi connectivity index (χ3n) is 2.05. The topological polar surface area (TPSA) is 38.3 Å². The zero-order chi connectivity index (χ0) is 12.7. The average molecular weight is 258 g/mol. The third-order valence-corrected chi connectivity index (χ3v) is 2.23. The van der Waals surface area contributed by atoms with Crippen LogP contribution in [0.1, 0.15) is 10.4 Å². The summed E-state index contributed by atoms with van der Waals surface area (Å²) in [6.07, 6.45) is 3.47. The molecule has 0 fully saturated rings. The van der Waals surface area contributed by atoms with E-state index in [0.717, 1.165) is 0 Å². The highest BCUT2D eigenvalue weighted by molar-refractivity contribution is 6.18. The molecule has 0 aliphatic heterocycles. The molecule has 3 nitrogen and oxygen atoms in total. The molecular formula is C12H13ClFNO2. The summed E-state index contributed by atoms with van der Waals surface area (Å²) < 4.78 is 17.9. The summed E-state index contributed by atoms with van der Waals surface area (Å²) in [6, 6.07) is 3.96. The zero-order valence-electron chi connectivity index (χ0n) is 9.37. The monoisotopic (exact) mass is 257 g/mol. The number of benzene rings is 1. The smallest absolute Gasteiger partial charge is 0.251 e. The molecule has 92 valence electrons. The summed E-state index contributed by atoms with van der Waals surface area (Å²) in [5, 5.41) is 2.64. The molecular weight excluding hydrogens is 245 g/mol. The minimum Gasteiger partial charge on any atom is -0.494 e. The lowest BCUT2D eigenvalue weighted by Gasteiger charge is -2.05. The molecule has 0 atom stereocenters. The average Bonchev–Trinajstić information content (AvgIpc) is 2.35. The number of ether oxygens (including phenoxy) is 1. The van der Waals surface area contributed by atoms with E-state index in [1.807, 2.05) is 0 Å². The lowest BCUT2D eigenvalue weighted by atomic mass is 10.2. The van der Waals surface area contributed by atoms with Gasteiger partial charge in [-0.15, -0.1) is 11.6 Å². The van der Waals surface area contributed by atoms with Crippen molar-refractivity contribution in [1.29, 1.82) is 0 Å². The predicted molar refractivity (Wildman–Crippen MR) is 65.1 cm³/mol. The van der Waals surface area contributed by atoms with Crippen molar-refractivity contribution in [2.45, 2.75) is 0 Å². The molecule has 0 aliphatic carbocycles. The Balaban J connectivity index is 2.66. The largest absolute Gasteiger partial charge is 0.494 e. The highest BCUT2D eigenvalue weighted by atomic mass is 35.5. The first-order chi connectivity index (χ1) is 8.19. The van der Waals surface area contributed by atoms with Gasteiger partial charge in [-0.05, 0) is 18.2 Å². The Kier molecular flexibility index (Phi) is 5.49. The second kappa shape index (κ2) is 6.91. The summed E-state index contributed by atoms with van der Waals surface area (Å²) in [6.45, 7) is 0.380. The molecule has 0 heterocycles. The van der Waals surface area contributed by atoms with Gasteiger partial charge in [-0.25, -0.2) is 4.39 Å². The number of rotatable bonds is 5. The maximum atomic E-state index is 13.1. The van der Waals surface area contributed by atoms with E-state index < -0.39 is 5.82 Å². The van der Waals surface area contributed by atoms with E-state index >= 15 is 0 Å². The van der Waals surface area contributed by atoms with Crippen LogP contribution in [0.5, 0.6) is 5.75 Å². The van der Waals surface area contributed by atoms with E-state index in [9.17, 15) is 9.18 Å². The van der Waals surface area contributed by atoms with E-state index in [0.29, 0.717) is 18.0 Å². The summed E-state index contributed by atoms with van der Waals surface area (Å²) >= 11 is 5.43. The van der Waals surface area contributed by atoms with Crippen molar-refractivity contribution in [2.24, 2.45) is 0 Å². The van der Waals surface area contributed by atoms with Crippen LogP contribution in [0.4, 0.5) is 4.39 Å². The fraction of sp³-hybridized carbons (Fsp3) is 0.250. The number of allylic oxidation sites excluding steroid dienone is 1. The number of hydrogen-bond acceptors (Lipinski definition) is 2. The number of halogens is 2. The van der Waals surface area contributed by atoms with Crippen LogP contribution in [0.3, 0.4) is 0 Å². The van der Waals surface area contributed by atoms with Gasteiger partial charge in [0, 0.05) is 18.0 Å². The Morgan fingerprint density at radius 3 is 2.94 bits per heavy atom. The summed E-state index contributed by atoms with van der Waals surface area (Å²) in [4.78, 5) is 11.6. The van der Waals surface area contributed by atoms with Gasteiger partial charge in [0.15, 0.2) is 11.6 Å². The van der Waals surface area contributed by atoms with Crippen molar-refractivity contribution in [2.75, 3.05) is 19.5 Å². The second-order valence-electron chi connectivity index (χ2n) is 3.19. The first-order valence-corrected chi connectivity index (χ1v) is 5.55. The minimum absolute atomic E-state index is 0.0500. The van der Waals surface area contributed by atoms with Crippen LogP contribution in [-0.4, -0.2) is 25.4 Å². The number of methoxy groups -OCH3 is 1. The maximum absolute atomic E-state index is 13.1. The van der Waals surface area contributed by atoms with E-state index in [1.165, 1.54) is 25.3 Å². The fourth-order valence-electron chi connectivity index (χ4n) is 1.20. The van der Waals surface area contributed by atoms with Crippen molar-refractivity contribution in [3.8, 4) is 5.75 Å². The Morgan fingerprint density at radius 2 is 2.29 bits per heavy atom. The van der Waals surface area contributed by atoms with Crippen LogP contribution in [0.15, 0.2) is 30.4 Å². The van der Waals surface area contributed by atoms with Gasteiger partial charge in [0.05, 0.1) is 7.11 Å². The van der Waals surface area contributed by atoms with Crippen molar-refractivity contribution < 1.29 is 13.9 Å². The van der Waals surface area contributed by atoms with Crippen LogP contribution in [0, 0.1) is 5.82 Å². The molecule has 0 saturated heterocycles. The van der Waals surface area contributed by atoms with Gasteiger partial charge in [0.2, 0.25) is 0 Å². The van der Waals surface area contributed by atoms with Crippen molar-refractivity contribution in [3.63, 3.8) is 0 Å². The number of amides is 1. The first-order valence-electron chi connectivity index (χ1n) is 5.01. The molecule has 0 spiro atoms. The number of nitrogens with one attached hydrogen (secondary N) is 1. The van der Waals surface area contributed by atoms with Gasteiger partial charge in [-0.3, -0.25) is 4.79 Å². The summed E-state index contributed by atoms with van der Waals surface area (Å²) in [5.74, 6) is -0.331. The predicted octanol–water partition coefficient (Wildman–Crippen LogP) is 2.36. The Labute approximate surface area is 104 Å². The van der Waals surface area contributed by atoms with Crippen molar-refractivity contribution in [3.05, 3.63) is 41.7 Å². The lowest BCUT2D eigenvalue weighted by Crippen LogP contribution is -2.23. The Hall–Kier alpha value is -1.55. The highest BCUT2D eigenvalue weighted by Gasteiger charge is 2.08. The zero-order valence-corrected chi connectivity index (χ0v) is 10.1. The number of alkyl halides is 1. The van der Waals surface area contributed by atoms with Crippen molar-refractivity contribution in [1.82, 2.24) is 5.32 Å². The van der Waals surface area contributed by atoms with Gasteiger partial charge < -0.3 is 10.1 Å². The molecule has 1 N–H and O–H groups in total. The minimum atomic E-state index is -0.494. The molecule has 0 aromatic heterocycles. The van der Waals surface area contributed by atoms with E-state index in [1.54, 1.807) is 12.2 Å². The van der Waals surface area contributed by atoms with Crippen LogP contribution >= 0.6 is 11.6 Å². The van der Waals surface area contributed by atoms with Gasteiger partial charge in [0.25, 0.3) is 5.91 Å². The summed E-state index contributed by atoms with van der Waals surface area (Å²) in [7, 11) is 1.35. The van der Waals surface area contributed by atoms with Gasteiger partial charge >= 0.3 is 0 Å². The molecule has 17 heavy (non-hydrogen) atoms. The number of carbonyl (C=O) groups excluding carboxylic acids is 1. The van der Waals surface area contributed by atoms with E-state index in [2.05, 4.69) is 5.32 Å². The second-order valence-corrected chi connectivity index (χ2v) is 3.49. The van der Waals surface area contributed by atoms with Gasteiger partial charge in [0.1, 0.15) is 0 Å². The number of hydrogen-bond donors (Lipinski definition) is 1. The summed E-state index contributed by atoms with van der Waals surface area (Å²) in [5.41, 5.74) is 0.350. The molecule has 1 rings (SSSR count). The molecule has 1 aromatic carbocycles. The van der Waals surface area contributed by atoms with E-state index in [4.69, 9.17) is 16.3 Å². The van der Waals surface area contributed by atoms with Crippen molar-refractivity contribution >= 4 is 17.5 Å². The normalized spacial score (nSPS) is 10.5. The highest BCUT2D eigenvalue weighted by Crippen LogP contribution is 2.17. The van der Waals surface area contributed by atoms with Crippen LogP contribution in [0.25, 0.3) is 0 Å². The van der Waals surface area contributed by atoms with Crippen LogP contribution in [0.2, 0.25) is 0 Å². The quantitative estimate of drug-likeness (QED) is 0.650. The molecule has 5 heteroatoms. The number of carbonyl (C=O) groups is 1. The molecule has 0 unspecified atom stereocenters. The SMILES string of the molecule is COc1cc(C(=O)NC/C=C/CCl)ccc1F. The van der Waals surface area contributed by atoms with Crippen LogP contribution < -0.4 is 10.1 Å². The van der Waals surface area contributed by atoms with Gasteiger partial charge in [-0.1, -0.05) is 12.2 Å². The maximum Gasteiger partial charge on any atom is 0.251 e. The fourth-order valence-corrected chi connectivity index (χ4v) is 1.33. The Morgan fingerprint density at radius 1 is 1.53 bits per heavy atom. The molecule has 0 saturated carbocycles. The lowest BCUT2D eigenvalue weighted by molar-refractivity contribution is 0.0957.